The van der Waals surface area contributed by atoms with Gasteiger partial charge in [-0.3, -0.25) is 4.79 Å². The van der Waals surface area contributed by atoms with Crippen molar-refractivity contribution in [1.82, 2.24) is 0 Å². The van der Waals surface area contributed by atoms with Crippen molar-refractivity contribution < 1.29 is 14.7 Å². The maximum atomic E-state index is 10.4. The lowest BCUT2D eigenvalue weighted by atomic mass is 10.3. The second-order valence-electron chi connectivity index (χ2n) is 2.44. The van der Waals surface area contributed by atoms with Crippen LogP contribution in [0.25, 0.3) is 0 Å². The molecule has 0 bridgehead atoms. The lowest BCUT2D eigenvalue weighted by molar-refractivity contribution is -0.136. The van der Waals surface area contributed by atoms with Gasteiger partial charge in [0.25, 0.3) is 0 Å². The number of carbonyl (C=O) groups is 1. The Morgan fingerprint density at radius 2 is 2.57 bits per heavy atom. The molecule has 0 aliphatic carbocycles. The highest BCUT2D eigenvalue weighted by molar-refractivity contribution is 8.05. The number of hydrogen-bond acceptors (Lipinski definition) is 5. The molecule has 78 valence electrons. The van der Waals surface area contributed by atoms with Crippen LogP contribution in [0.15, 0.2) is 20.6 Å². The molecule has 1 unspecified atom stereocenters. The van der Waals surface area contributed by atoms with Crippen molar-refractivity contribution in [1.29, 1.82) is 0 Å². The molecule has 0 aromatic carbocycles. The largest absolute Gasteiger partial charge is 0.481 e. The van der Waals surface area contributed by atoms with Crippen LogP contribution in [-0.2, 0) is 20.3 Å². The lowest BCUT2D eigenvalue weighted by Gasteiger charge is -1.93. The number of nitrogens with two attached hydrogens (primary N) is 1. The molecule has 0 saturated carbocycles. The van der Waals surface area contributed by atoms with Crippen LogP contribution in [0.1, 0.15) is 13.3 Å². The first kappa shape index (κ1) is 10.9. The summed E-state index contributed by atoms with van der Waals surface area (Å²) in [4.78, 5) is 19.1. The summed E-state index contributed by atoms with van der Waals surface area (Å²) in [5, 5.41) is 10.4. The van der Waals surface area contributed by atoms with E-state index < -0.39 is 16.7 Å². The Hall–Kier alpha value is -1.21. The monoisotopic (exact) mass is 217 g/mol. The zero-order valence-corrected chi connectivity index (χ0v) is 8.45. The molecule has 6 nitrogen and oxygen atoms in total. The second-order valence-corrected chi connectivity index (χ2v) is 3.87. The Bertz CT molecular complexity index is 335. The molecule has 1 aliphatic heterocycles. The number of hydrogen-bond donors (Lipinski definition) is 2. The quantitative estimate of drug-likeness (QED) is 0.665. The van der Waals surface area contributed by atoms with Gasteiger partial charge in [-0.2, -0.15) is 0 Å². The molecule has 0 saturated heterocycles. The van der Waals surface area contributed by atoms with Gasteiger partial charge in [0.05, 0.1) is 18.7 Å². The summed E-state index contributed by atoms with van der Waals surface area (Å²) in [7, 11) is -0.713. The molecular weight excluding hydrogens is 206 g/mol. The maximum absolute atomic E-state index is 10.4. The van der Waals surface area contributed by atoms with Crippen LogP contribution < -0.4 is 5.73 Å². The second kappa shape index (κ2) is 4.87. The average molecular weight is 217 g/mol. The minimum atomic E-state index is -0.936. The van der Waals surface area contributed by atoms with Crippen molar-refractivity contribution >= 4 is 21.8 Å². The molecule has 0 spiro atoms. The van der Waals surface area contributed by atoms with E-state index in [-0.39, 0.29) is 6.42 Å². The number of rotatable bonds is 4. The van der Waals surface area contributed by atoms with Gasteiger partial charge >= 0.3 is 5.97 Å². The van der Waals surface area contributed by atoms with Gasteiger partial charge in [0.2, 0.25) is 0 Å². The first-order valence-corrected chi connectivity index (χ1v) is 5.20. The van der Waals surface area contributed by atoms with Gasteiger partial charge in [0.1, 0.15) is 0 Å². The van der Waals surface area contributed by atoms with Crippen molar-refractivity contribution in [3.63, 3.8) is 0 Å². The number of carboxylic acids is 1. The molecule has 1 atom stereocenters. The molecule has 1 aliphatic rings. The van der Waals surface area contributed by atoms with E-state index in [1.807, 2.05) is 0 Å². The number of aliphatic carboxylic acids is 1. The summed E-state index contributed by atoms with van der Waals surface area (Å²) < 4.78 is 3.78. The van der Waals surface area contributed by atoms with Crippen LogP contribution in [0, 0.1) is 0 Å². The summed E-state index contributed by atoms with van der Waals surface area (Å²) in [6.07, 6.45) is -0.133. The van der Waals surface area contributed by atoms with E-state index >= 15 is 0 Å². The van der Waals surface area contributed by atoms with Crippen LogP contribution in [0.5, 0.6) is 0 Å². The number of amidine groups is 1. The predicted molar refractivity (Wildman–Crippen MR) is 53.4 cm³/mol. The Labute approximate surface area is 83.5 Å². The van der Waals surface area contributed by atoms with Gasteiger partial charge in [-0.05, 0) is 6.92 Å². The van der Waals surface area contributed by atoms with E-state index in [1.54, 1.807) is 12.3 Å². The van der Waals surface area contributed by atoms with E-state index in [2.05, 4.69) is 9.52 Å². The molecule has 0 fully saturated rings. The molecular formula is C7H11N3O3S. The van der Waals surface area contributed by atoms with Gasteiger partial charge in [-0.25, -0.2) is 9.83 Å². The van der Waals surface area contributed by atoms with Crippen LogP contribution >= 0.6 is 0 Å². The first-order chi connectivity index (χ1) is 6.63. The standard InChI is InChI=1S/C7H11N3O3S/c1-2-13-10-14-4-5(3-6(11)12)9-7(14)8/h4H,2-3H2,1H3,(H2,8,9)(H,11,12). The smallest absolute Gasteiger partial charge is 0.309 e. The Kier molecular flexibility index (Phi) is 3.78. The van der Waals surface area contributed by atoms with Gasteiger partial charge in [-0.1, -0.05) is 4.53 Å². The molecule has 1 heterocycles. The highest BCUT2D eigenvalue weighted by Crippen LogP contribution is 2.14. The molecule has 0 aromatic rings. The van der Waals surface area contributed by atoms with Crippen LogP contribution in [-0.4, -0.2) is 22.9 Å². The zero-order chi connectivity index (χ0) is 10.6. The fraction of sp³-hybridized carbons (Fsp3) is 0.429. The van der Waals surface area contributed by atoms with Crippen molar-refractivity contribution in [3.05, 3.63) is 11.1 Å². The third-order valence-electron chi connectivity index (χ3n) is 1.31. The van der Waals surface area contributed by atoms with Crippen LogP contribution in [0.4, 0.5) is 0 Å². The van der Waals surface area contributed by atoms with Crippen molar-refractivity contribution in [3.8, 4) is 0 Å². The van der Waals surface area contributed by atoms with Gasteiger partial charge in [-0.15, -0.1) is 0 Å². The topological polar surface area (TPSA) is 97.3 Å². The molecule has 0 radical (unpaired) electrons. The number of carboxylic acid groups (broad SMARTS) is 1. The maximum Gasteiger partial charge on any atom is 0.309 e. The molecule has 7 heteroatoms. The van der Waals surface area contributed by atoms with Crippen molar-refractivity contribution in [2.45, 2.75) is 13.3 Å². The minimum absolute atomic E-state index is 0.133. The van der Waals surface area contributed by atoms with E-state index in [4.69, 9.17) is 15.7 Å². The van der Waals surface area contributed by atoms with Gasteiger partial charge in [0, 0.05) is 16.1 Å². The lowest BCUT2D eigenvalue weighted by Crippen LogP contribution is -2.13. The van der Waals surface area contributed by atoms with Crippen molar-refractivity contribution in [2.75, 3.05) is 6.61 Å². The summed E-state index contributed by atoms with van der Waals surface area (Å²) in [5.74, 6) is -0.936. The third kappa shape index (κ3) is 2.93. The SMILES string of the molecule is CCO/N=S1\C=C(CC(=O)O)N=C1N. The van der Waals surface area contributed by atoms with E-state index in [0.717, 1.165) is 0 Å². The minimum Gasteiger partial charge on any atom is -0.481 e. The third-order valence-corrected chi connectivity index (χ3v) is 2.59. The molecule has 14 heavy (non-hydrogen) atoms. The van der Waals surface area contributed by atoms with E-state index in [1.165, 1.54) is 0 Å². The fourth-order valence-electron chi connectivity index (χ4n) is 0.809. The number of nitrogens with zero attached hydrogens (tertiary/aromatic N) is 2. The molecule has 0 aromatic heterocycles. The van der Waals surface area contributed by atoms with Gasteiger partial charge in [0.15, 0.2) is 5.17 Å². The van der Waals surface area contributed by atoms with Crippen LogP contribution in [0.2, 0.25) is 0 Å². The summed E-state index contributed by atoms with van der Waals surface area (Å²) in [6.45, 7) is 2.26. The highest BCUT2D eigenvalue weighted by Gasteiger charge is 2.14. The fourth-order valence-corrected chi connectivity index (χ4v) is 1.87. The normalized spacial score (nSPS) is 20.8. The summed E-state index contributed by atoms with van der Waals surface area (Å²) in [5.41, 5.74) is 5.96. The Morgan fingerprint density at radius 1 is 1.86 bits per heavy atom. The zero-order valence-electron chi connectivity index (χ0n) is 7.64. The Morgan fingerprint density at radius 3 is 3.14 bits per heavy atom. The van der Waals surface area contributed by atoms with E-state index in [9.17, 15) is 4.79 Å². The summed E-state index contributed by atoms with van der Waals surface area (Å²) in [6, 6.07) is 0. The molecule has 0 amide bonds. The van der Waals surface area contributed by atoms with Crippen LogP contribution in [0.3, 0.4) is 0 Å². The van der Waals surface area contributed by atoms with Gasteiger partial charge < -0.3 is 10.8 Å². The van der Waals surface area contributed by atoms with E-state index in [0.29, 0.717) is 17.5 Å². The number of aliphatic imine (C=N–C) groups is 1. The average Bonchev–Trinajstić information content (AvgIpc) is 2.41. The highest BCUT2D eigenvalue weighted by atomic mass is 32.2. The summed E-state index contributed by atoms with van der Waals surface area (Å²) >= 11 is 0. The Balaban J connectivity index is 2.70. The van der Waals surface area contributed by atoms with Crippen molar-refractivity contribution in [2.24, 2.45) is 15.3 Å². The molecule has 1 rings (SSSR count). The molecule has 3 N–H and O–H groups in total. The first-order valence-electron chi connectivity index (χ1n) is 3.96. The predicted octanol–water partition coefficient (Wildman–Crippen LogP) is 0.384.